The van der Waals surface area contributed by atoms with Gasteiger partial charge < -0.3 is 4.52 Å². The SMILES string of the molecule is Clc1cc(Br)c2cnoc2c1. The van der Waals surface area contributed by atoms with E-state index in [0.29, 0.717) is 10.6 Å². The maximum Gasteiger partial charge on any atom is 0.169 e. The number of aromatic nitrogens is 1. The quantitative estimate of drug-likeness (QED) is 0.697. The van der Waals surface area contributed by atoms with Crippen molar-refractivity contribution in [3.8, 4) is 0 Å². The number of halogens is 2. The van der Waals surface area contributed by atoms with Crippen LogP contribution in [0.2, 0.25) is 5.02 Å². The van der Waals surface area contributed by atoms with Crippen molar-refractivity contribution in [2.75, 3.05) is 0 Å². The number of nitrogens with zero attached hydrogens (tertiary/aromatic N) is 1. The van der Waals surface area contributed by atoms with Gasteiger partial charge in [-0.15, -0.1) is 0 Å². The monoisotopic (exact) mass is 231 g/mol. The Kier molecular flexibility index (Phi) is 1.62. The third-order valence-electron chi connectivity index (χ3n) is 1.39. The predicted octanol–water partition coefficient (Wildman–Crippen LogP) is 3.24. The molecule has 0 saturated carbocycles. The average Bonchev–Trinajstić information content (AvgIpc) is 2.34. The summed E-state index contributed by atoms with van der Waals surface area (Å²) in [4.78, 5) is 0. The summed E-state index contributed by atoms with van der Waals surface area (Å²) in [6.45, 7) is 0. The molecule has 0 N–H and O–H groups in total. The normalized spacial score (nSPS) is 10.7. The van der Waals surface area contributed by atoms with E-state index in [1.165, 1.54) is 0 Å². The number of fused-ring (bicyclic) bond motifs is 1. The van der Waals surface area contributed by atoms with Gasteiger partial charge in [0.25, 0.3) is 0 Å². The third kappa shape index (κ3) is 1.14. The Morgan fingerprint density at radius 3 is 3.09 bits per heavy atom. The van der Waals surface area contributed by atoms with Crippen LogP contribution < -0.4 is 0 Å². The minimum absolute atomic E-state index is 0.640. The van der Waals surface area contributed by atoms with Crippen LogP contribution in [-0.2, 0) is 0 Å². The summed E-state index contributed by atoms with van der Waals surface area (Å²) >= 11 is 9.11. The first-order chi connectivity index (χ1) is 5.27. The number of rotatable bonds is 0. The van der Waals surface area contributed by atoms with E-state index in [4.69, 9.17) is 16.1 Å². The molecule has 2 nitrogen and oxygen atoms in total. The van der Waals surface area contributed by atoms with Gasteiger partial charge in [0, 0.05) is 15.6 Å². The van der Waals surface area contributed by atoms with Crippen molar-refractivity contribution in [2.24, 2.45) is 0 Å². The van der Waals surface area contributed by atoms with Crippen LogP contribution in [0.5, 0.6) is 0 Å². The second-order valence-electron chi connectivity index (χ2n) is 2.13. The third-order valence-corrected chi connectivity index (χ3v) is 2.26. The Hall–Kier alpha value is -0.540. The van der Waals surface area contributed by atoms with Gasteiger partial charge in [0.1, 0.15) is 0 Å². The van der Waals surface area contributed by atoms with Gasteiger partial charge in [-0.2, -0.15) is 0 Å². The molecule has 0 fully saturated rings. The van der Waals surface area contributed by atoms with Crippen LogP contribution in [0.15, 0.2) is 27.3 Å². The highest BCUT2D eigenvalue weighted by Gasteiger charge is 2.03. The van der Waals surface area contributed by atoms with E-state index >= 15 is 0 Å². The van der Waals surface area contributed by atoms with E-state index in [1.807, 2.05) is 0 Å². The molecule has 0 atom stereocenters. The molecule has 2 aromatic rings. The molecular weight excluding hydrogens is 229 g/mol. The van der Waals surface area contributed by atoms with Gasteiger partial charge in [-0.25, -0.2) is 0 Å². The molecule has 2 rings (SSSR count). The summed E-state index contributed by atoms with van der Waals surface area (Å²) in [5.74, 6) is 0. The van der Waals surface area contributed by atoms with E-state index in [9.17, 15) is 0 Å². The molecule has 0 spiro atoms. The summed E-state index contributed by atoms with van der Waals surface area (Å²) < 4.78 is 5.82. The summed E-state index contributed by atoms with van der Waals surface area (Å²) in [5, 5.41) is 5.22. The lowest BCUT2D eigenvalue weighted by Gasteiger charge is -1.91. The van der Waals surface area contributed by atoms with Crippen LogP contribution in [0.4, 0.5) is 0 Å². The van der Waals surface area contributed by atoms with Crippen molar-refractivity contribution in [1.82, 2.24) is 5.16 Å². The van der Waals surface area contributed by atoms with Crippen molar-refractivity contribution < 1.29 is 4.52 Å². The summed E-state index contributed by atoms with van der Waals surface area (Å²) in [5.41, 5.74) is 0.698. The standard InChI is InChI=1S/C7H3BrClNO/c8-6-1-4(9)2-7-5(6)3-10-11-7/h1-3H. The van der Waals surface area contributed by atoms with Crippen LogP contribution in [0.25, 0.3) is 11.0 Å². The van der Waals surface area contributed by atoms with Gasteiger partial charge in [-0.3, -0.25) is 0 Å². The largest absolute Gasteiger partial charge is 0.356 e. The molecule has 0 unspecified atom stereocenters. The fourth-order valence-electron chi connectivity index (χ4n) is 0.898. The molecule has 4 heteroatoms. The summed E-state index contributed by atoms with van der Waals surface area (Å²) in [6.07, 6.45) is 1.65. The van der Waals surface area contributed by atoms with Gasteiger partial charge in [0.2, 0.25) is 0 Å². The van der Waals surface area contributed by atoms with Crippen LogP contribution >= 0.6 is 27.5 Å². The highest BCUT2D eigenvalue weighted by Crippen LogP contribution is 2.27. The Labute approximate surface area is 76.2 Å². The highest BCUT2D eigenvalue weighted by atomic mass is 79.9. The smallest absolute Gasteiger partial charge is 0.169 e. The van der Waals surface area contributed by atoms with Crippen molar-refractivity contribution in [2.45, 2.75) is 0 Å². The summed E-state index contributed by atoms with van der Waals surface area (Å²) in [7, 11) is 0. The molecule has 0 aliphatic heterocycles. The van der Waals surface area contributed by atoms with Crippen molar-refractivity contribution in [3.63, 3.8) is 0 Å². The van der Waals surface area contributed by atoms with E-state index < -0.39 is 0 Å². The molecular formula is C7H3BrClNO. The fourth-order valence-corrected chi connectivity index (χ4v) is 1.78. The Balaban J connectivity index is 2.91. The molecule has 11 heavy (non-hydrogen) atoms. The van der Waals surface area contributed by atoms with E-state index in [-0.39, 0.29) is 0 Å². The van der Waals surface area contributed by atoms with Crippen LogP contribution in [0, 0.1) is 0 Å². The van der Waals surface area contributed by atoms with Crippen molar-refractivity contribution in [3.05, 3.63) is 27.8 Å². The maximum absolute atomic E-state index is 5.76. The van der Waals surface area contributed by atoms with Crippen LogP contribution in [0.3, 0.4) is 0 Å². The van der Waals surface area contributed by atoms with E-state index in [2.05, 4.69) is 21.1 Å². The lowest BCUT2D eigenvalue weighted by molar-refractivity contribution is 0.456. The number of benzene rings is 1. The average molecular weight is 232 g/mol. The minimum atomic E-state index is 0.640. The zero-order valence-corrected chi connectivity index (χ0v) is 7.69. The molecule has 0 saturated heterocycles. The molecule has 0 bridgehead atoms. The zero-order valence-electron chi connectivity index (χ0n) is 5.34. The van der Waals surface area contributed by atoms with Gasteiger partial charge >= 0.3 is 0 Å². The second kappa shape index (κ2) is 2.50. The van der Waals surface area contributed by atoms with E-state index in [1.54, 1.807) is 18.3 Å². The predicted molar refractivity (Wildman–Crippen MR) is 46.7 cm³/mol. The van der Waals surface area contributed by atoms with Crippen molar-refractivity contribution >= 4 is 38.5 Å². The van der Waals surface area contributed by atoms with Crippen LogP contribution in [0.1, 0.15) is 0 Å². The Bertz CT molecular complexity index is 398. The molecule has 0 aliphatic carbocycles. The maximum atomic E-state index is 5.76. The second-order valence-corrected chi connectivity index (χ2v) is 3.42. The highest BCUT2D eigenvalue weighted by molar-refractivity contribution is 9.10. The first-order valence-electron chi connectivity index (χ1n) is 2.97. The molecule has 0 amide bonds. The molecule has 56 valence electrons. The molecule has 0 aliphatic rings. The molecule has 1 heterocycles. The first-order valence-corrected chi connectivity index (χ1v) is 4.14. The summed E-state index contributed by atoms with van der Waals surface area (Å²) in [6, 6.07) is 3.54. The lowest BCUT2D eigenvalue weighted by Crippen LogP contribution is -1.67. The van der Waals surface area contributed by atoms with Gasteiger partial charge in [-0.05, 0) is 22.0 Å². The first kappa shape index (κ1) is 7.13. The molecule has 1 aromatic heterocycles. The van der Waals surface area contributed by atoms with E-state index in [0.717, 1.165) is 9.86 Å². The minimum Gasteiger partial charge on any atom is -0.356 e. The van der Waals surface area contributed by atoms with Crippen LogP contribution in [-0.4, -0.2) is 5.16 Å². The Morgan fingerprint density at radius 1 is 1.45 bits per heavy atom. The topological polar surface area (TPSA) is 26.0 Å². The molecule has 0 radical (unpaired) electrons. The van der Waals surface area contributed by atoms with Gasteiger partial charge in [0.05, 0.1) is 11.6 Å². The molecule has 1 aromatic carbocycles. The zero-order chi connectivity index (χ0) is 7.84. The lowest BCUT2D eigenvalue weighted by atomic mass is 10.3. The number of hydrogen-bond acceptors (Lipinski definition) is 2. The fraction of sp³-hybridized carbons (Fsp3) is 0. The van der Waals surface area contributed by atoms with Gasteiger partial charge in [-0.1, -0.05) is 16.8 Å². The van der Waals surface area contributed by atoms with Crippen molar-refractivity contribution in [1.29, 1.82) is 0 Å². The number of hydrogen-bond donors (Lipinski definition) is 0. The van der Waals surface area contributed by atoms with Gasteiger partial charge in [0.15, 0.2) is 5.58 Å². The Morgan fingerprint density at radius 2 is 2.27 bits per heavy atom.